The maximum Gasteiger partial charge on any atom is 0.338 e. The minimum Gasteiger partial charge on any atom is -0.460 e. The summed E-state index contributed by atoms with van der Waals surface area (Å²) in [6.45, 7) is 0.150. The van der Waals surface area contributed by atoms with Gasteiger partial charge in [-0.2, -0.15) is 8.42 Å². The number of ether oxygens (including phenoxy) is 1. The minimum absolute atomic E-state index is 0.00634. The van der Waals surface area contributed by atoms with Gasteiger partial charge in [0, 0.05) is 18.0 Å². The number of hydrogen-bond donors (Lipinski definition) is 0. The fourth-order valence-electron chi connectivity index (χ4n) is 3.10. The Bertz CT molecular complexity index is 1230. The van der Waals surface area contributed by atoms with Crippen LogP contribution in [0.2, 0.25) is 5.02 Å². The standard InChI is InChI=1S/C21H16ClN3O4S/c22-17-6-2-3-7-18(17)25(13-14-29-21(26)15-9-11-23-12-10-15)20-16-5-1-4-8-19(16)30(27,28)24-20/h1-12H,13-14H2. The van der Waals surface area contributed by atoms with Crippen molar-refractivity contribution in [1.29, 1.82) is 0 Å². The van der Waals surface area contributed by atoms with Gasteiger partial charge in [-0.05, 0) is 36.4 Å². The summed E-state index contributed by atoms with van der Waals surface area (Å²) in [5.74, 6) is -0.267. The highest BCUT2D eigenvalue weighted by atomic mass is 35.5. The molecule has 0 saturated heterocycles. The van der Waals surface area contributed by atoms with E-state index in [4.69, 9.17) is 16.3 Å². The number of fused-ring (bicyclic) bond motifs is 1. The lowest BCUT2D eigenvalue weighted by Gasteiger charge is -2.25. The molecule has 3 aromatic rings. The highest BCUT2D eigenvalue weighted by Gasteiger charge is 2.32. The monoisotopic (exact) mass is 441 g/mol. The Morgan fingerprint density at radius 3 is 2.47 bits per heavy atom. The molecule has 7 nitrogen and oxygen atoms in total. The maximum atomic E-state index is 12.5. The van der Waals surface area contributed by atoms with Gasteiger partial charge in [-0.3, -0.25) is 4.98 Å². The van der Waals surface area contributed by atoms with E-state index in [-0.39, 0.29) is 23.9 Å². The molecule has 2 aromatic carbocycles. The molecule has 152 valence electrons. The average molecular weight is 442 g/mol. The second kappa shape index (κ2) is 8.25. The molecule has 1 aliphatic heterocycles. The van der Waals surface area contributed by atoms with E-state index in [9.17, 15) is 13.2 Å². The molecule has 0 spiro atoms. The Balaban J connectivity index is 1.64. The predicted octanol–water partition coefficient (Wildman–Crippen LogP) is 3.55. The van der Waals surface area contributed by atoms with Crippen molar-refractivity contribution in [2.24, 2.45) is 4.40 Å². The molecule has 1 aromatic heterocycles. The molecule has 9 heteroatoms. The first kappa shape index (κ1) is 20.1. The zero-order valence-electron chi connectivity index (χ0n) is 15.6. The van der Waals surface area contributed by atoms with Crippen LogP contribution in [0.3, 0.4) is 0 Å². The van der Waals surface area contributed by atoms with Gasteiger partial charge in [0.25, 0.3) is 10.0 Å². The van der Waals surface area contributed by atoms with E-state index in [0.717, 1.165) is 0 Å². The normalized spacial score (nSPS) is 14.0. The average Bonchev–Trinajstić information content (AvgIpc) is 3.03. The topological polar surface area (TPSA) is 88.9 Å². The van der Waals surface area contributed by atoms with Crippen molar-refractivity contribution in [3.05, 3.63) is 89.2 Å². The number of sulfonamides is 1. The molecule has 0 radical (unpaired) electrons. The van der Waals surface area contributed by atoms with Crippen molar-refractivity contribution in [2.75, 3.05) is 18.1 Å². The van der Waals surface area contributed by atoms with Gasteiger partial charge in [0.15, 0.2) is 5.84 Å². The SMILES string of the molecule is O=C(OCCN(C1=NS(=O)(=O)c2ccccc21)c1ccccc1Cl)c1ccncc1. The first-order valence-corrected chi connectivity index (χ1v) is 10.8. The number of rotatable bonds is 5. The first-order valence-electron chi connectivity index (χ1n) is 9.01. The fraction of sp³-hybridized carbons (Fsp3) is 0.0952. The zero-order chi connectivity index (χ0) is 21.1. The van der Waals surface area contributed by atoms with Gasteiger partial charge in [-0.1, -0.05) is 35.9 Å². The molecule has 0 fully saturated rings. The Kier molecular flexibility index (Phi) is 5.52. The number of anilines is 1. The van der Waals surface area contributed by atoms with Gasteiger partial charge < -0.3 is 9.64 Å². The summed E-state index contributed by atoms with van der Waals surface area (Å²) < 4.78 is 34.4. The molecule has 0 amide bonds. The van der Waals surface area contributed by atoms with E-state index in [2.05, 4.69) is 9.38 Å². The molecule has 0 bridgehead atoms. The second-order valence-corrected chi connectivity index (χ2v) is 8.34. The summed E-state index contributed by atoms with van der Waals surface area (Å²) in [4.78, 5) is 17.9. The minimum atomic E-state index is -3.82. The fourth-order valence-corrected chi connectivity index (χ4v) is 4.54. The summed E-state index contributed by atoms with van der Waals surface area (Å²) in [7, 11) is -3.82. The van der Waals surface area contributed by atoms with E-state index >= 15 is 0 Å². The highest BCUT2D eigenvalue weighted by Crippen LogP contribution is 2.32. The van der Waals surface area contributed by atoms with Crippen LogP contribution in [0.4, 0.5) is 5.69 Å². The third-order valence-electron chi connectivity index (χ3n) is 4.48. The number of halogens is 1. The summed E-state index contributed by atoms with van der Waals surface area (Å²) in [6, 6.07) is 16.7. The molecule has 0 atom stereocenters. The summed E-state index contributed by atoms with van der Waals surface area (Å²) in [5, 5.41) is 0.419. The molecular weight excluding hydrogens is 426 g/mol. The number of amidine groups is 1. The lowest BCUT2D eigenvalue weighted by atomic mass is 10.1. The Hall–Kier alpha value is -3.23. The van der Waals surface area contributed by atoms with Crippen LogP contribution in [0, 0.1) is 0 Å². The molecule has 30 heavy (non-hydrogen) atoms. The van der Waals surface area contributed by atoms with Crippen molar-refractivity contribution < 1.29 is 17.9 Å². The van der Waals surface area contributed by atoms with Crippen molar-refractivity contribution in [3.63, 3.8) is 0 Å². The molecule has 0 unspecified atom stereocenters. The second-order valence-electron chi connectivity index (χ2n) is 6.36. The van der Waals surface area contributed by atoms with Crippen LogP contribution in [0.5, 0.6) is 0 Å². The predicted molar refractivity (Wildman–Crippen MR) is 113 cm³/mol. The quantitative estimate of drug-likeness (QED) is 0.562. The number of hydrogen-bond acceptors (Lipinski definition) is 6. The third-order valence-corrected chi connectivity index (χ3v) is 6.12. The number of para-hydroxylation sites is 1. The number of benzene rings is 2. The molecular formula is C21H16ClN3O4S. The van der Waals surface area contributed by atoms with E-state index in [1.54, 1.807) is 59.5 Å². The number of pyridine rings is 1. The zero-order valence-corrected chi connectivity index (χ0v) is 17.2. The van der Waals surface area contributed by atoms with Crippen LogP contribution >= 0.6 is 11.6 Å². The van der Waals surface area contributed by atoms with E-state index < -0.39 is 16.0 Å². The van der Waals surface area contributed by atoms with Crippen LogP contribution < -0.4 is 4.90 Å². The van der Waals surface area contributed by atoms with E-state index in [0.29, 0.717) is 21.8 Å². The molecule has 0 N–H and O–H groups in total. The van der Waals surface area contributed by atoms with Gasteiger partial charge >= 0.3 is 5.97 Å². The summed E-state index contributed by atoms with van der Waals surface area (Å²) >= 11 is 6.37. The van der Waals surface area contributed by atoms with Gasteiger partial charge in [0.2, 0.25) is 0 Å². The number of esters is 1. The number of nitrogens with zero attached hydrogens (tertiary/aromatic N) is 3. The summed E-state index contributed by atoms with van der Waals surface area (Å²) in [5.41, 5.74) is 1.41. The van der Waals surface area contributed by atoms with Gasteiger partial charge in [0.05, 0.1) is 22.8 Å². The number of aromatic nitrogens is 1. The number of carbonyl (C=O) groups excluding carboxylic acids is 1. The molecule has 4 rings (SSSR count). The summed E-state index contributed by atoms with van der Waals surface area (Å²) in [6.07, 6.45) is 3.00. The van der Waals surface area contributed by atoms with Gasteiger partial charge in [-0.25, -0.2) is 4.79 Å². The molecule has 0 saturated carbocycles. The van der Waals surface area contributed by atoms with Gasteiger partial charge in [-0.15, -0.1) is 4.40 Å². The van der Waals surface area contributed by atoms with Crippen molar-refractivity contribution in [3.8, 4) is 0 Å². The van der Waals surface area contributed by atoms with Crippen LogP contribution in [-0.4, -0.2) is 38.4 Å². The maximum absolute atomic E-state index is 12.5. The molecule has 2 heterocycles. The van der Waals surface area contributed by atoms with Crippen molar-refractivity contribution >= 4 is 39.1 Å². The Morgan fingerprint density at radius 1 is 1.00 bits per heavy atom. The van der Waals surface area contributed by atoms with Crippen LogP contribution in [0.1, 0.15) is 15.9 Å². The van der Waals surface area contributed by atoms with Gasteiger partial charge in [0.1, 0.15) is 11.5 Å². The Labute approximate surface area is 178 Å². The first-order chi connectivity index (χ1) is 14.5. The third kappa shape index (κ3) is 3.92. The Morgan fingerprint density at radius 2 is 1.70 bits per heavy atom. The van der Waals surface area contributed by atoms with Crippen molar-refractivity contribution in [2.45, 2.75) is 4.90 Å². The number of carbonyl (C=O) groups is 1. The van der Waals surface area contributed by atoms with E-state index in [1.807, 2.05) is 0 Å². The van der Waals surface area contributed by atoms with Crippen molar-refractivity contribution in [1.82, 2.24) is 4.98 Å². The molecule has 0 aliphatic carbocycles. The molecule has 1 aliphatic rings. The van der Waals surface area contributed by atoms with Crippen LogP contribution in [0.25, 0.3) is 0 Å². The smallest absolute Gasteiger partial charge is 0.338 e. The largest absolute Gasteiger partial charge is 0.460 e. The van der Waals surface area contributed by atoms with Crippen LogP contribution in [-0.2, 0) is 14.8 Å². The van der Waals surface area contributed by atoms with Crippen LogP contribution in [0.15, 0.2) is 82.4 Å². The lowest BCUT2D eigenvalue weighted by molar-refractivity contribution is 0.0517. The van der Waals surface area contributed by atoms with E-state index in [1.165, 1.54) is 18.5 Å². The highest BCUT2D eigenvalue weighted by molar-refractivity contribution is 7.90. The lowest BCUT2D eigenvalue weighted by Crippen LogP contribution is -2.34.